The lowest BCUT2D eigenvalue weighted by molar-refractivity contribution is 0.151. The number of rotatable bonds is 7. The van der Waals surface area contributed by atoms with Gasteiger partial charge < -0.3 is 0 Å². The van der Waals surface area contributed by atoms with Gasteiger partial charge in [0.25, 0.3) is 0 Å². The third kappa shape index (κ3) is 7.16. The highest BCUT2D eigenvalue weighted by atomic mass is 32.2. The van der Waals surface area contributed by atoms with Gasteiger partial charge in [-0.1, -0.05) is 23.6 Å². The summed E-state index contributed by atoms with van der Waals surface area (Å²) in [6.45, 7) is 8.56. The van der Waals surface area contributed by atoms with Crippen LogP contribution >= 0.6 is 7.60 Å². The van der Waals surface area contributed by atoms with E-state index in [9.17, 15) is 13.0 Å². The summed E-state index contributed by atoms with van der Waals surface area (Å²) in [5.74, 6) is 2.52. The van der Waals surface area contributed by atoms with Gasteiger partial charge in [-0.25, -0.2) is 13.0 Å². The van der Waals surface area contributed by atoms with E-state index in [-0.39, 0.29) is 23.6 Å². The summed E-state index contributed by atoms with van der Waals surface area (Å²) < 4.78 is 49.6. The molecule has 0 heterocycles. The zero-order chi connectivity index (χ0) is 18.4. The molecular weight excluding hydrogens is 349 g/mol. The lowest BCUT2D eigenvalue weighted by Gasteiger charge is -2.17. The van der Waals surface area contributed by atoms with Crippen molar-refractivity contribution in [1.82, 2.24) is 4.72 Å². The molecule has 6 nitrogen and oxygen atoms in total. The minimum absolute atomic E-state index is 0.148. The van der Waals surface area contributed by atoms with Crippen LogP contribution in [0.2, 0.25) is 0 Å². The van der Waals surface area contributed by atoms with Crippen LogP contribution in [0, 0.1) is 18.5 Å². The second-order valence-corrected chi connectivity index (χ2v) is 9.14. The molecule has 0 saturated carbocycles. The van der Waals surface area contributed by atoms with Crippen molar-refractivity contribution in [3.8, 4) is 11.6 Å². The molecule has 1 aromatic carbocycles. The lowest BCUT2D eigenvalue weighted by atomic mass is 10.2. The molecule has 0 saturated heterocycles. The van der Waals surface area contributed by atoms with Gasteiger partial charge in [-0.15, -0.1) is 0 Å². The first kappa shape index (κ1) is 20.9. The Labute approximate surface area is 144 Å². The number of aryl methyl sites for hydroxylation is 1. The number of sulfonamides is 1. The zero-order valence-corrected chi connectivity index (χ0v) is 16.3. The molecule has 134 valence electrons. The molecule has 0 aliphatic rings. The van der Waals surface area contributed by atoms with E-state index in [0.29, 0.717) is 0 Å². The SMILES string of the molecule is Cc1ccc(S(=O)(=O)NCC#CP(=O)(OC(C)C)OC(C)C)cc1. The average Bonchev–Trinajstić information content (AvgIpc) is 2.42. The summed E-state index contributed by atoms with van der Waals surface area (Å²) in [5.41, 5.74) is 3.39. The van der Waals surface area contributed by atoms with Crippen LogP contribution < -0.4 is 4.72 Å². The highest BCUT2D eigenvalue weighted by molar-refractivity contribution is 7.89. The van der Waals surface area contributed by atoms with Gasteiger partial charge in [0.2, 0.25) is 10.0 Å². The molecule has 0 bridgehead atoms. The zero-order valence-electron chi connectivity index (χ0n) is 14.6. The van der Waals surface area contributed by atoms with Crippen LogP contribution in [-0.2, 0) is 23.6 Å². The fourth-order valence-electron chi connectivity index (χ4n) is 1.70. The predicted octanol–water partition coefficient (Wildman–Crippen LogP) is 3.28. The highest BCUT2D eigenvalue weighted by Crippen LogP contribution is 2.49. The molecule has 0 unspecified atom stereocenters. The Hall–Kier alpha value is -1.16. The Bertz CT molecular complexity index is 731. The quantitative estimate of drug-likeness (QED) is 0.586. The summed E-state index contributed by atoms with van der Waals surface area (Å²) in [7, 11) is -7.25. The Balaban J connectivity index is 2.79. The second-order valence-electron chi connectivity index (χ2n) is 5.73. The number of benzene rings is 1. The Morgan fingerprint density at radius 3 is 2.04 bits per heavy atom. The topological polar surface area (TPSA) is 81.7 Å². The largest absolute Gasteiger partial charge is 0.406 e. The van der Waals surface area contributed by atoms with Gasteiger partial charge in [0.1, 0.15) is 0 Å². The van der Waals surface area contributed by atoms with Crippen LogP contribution in [-0.4, -0.2) is 27.2 Å². The standard InChI is InChI=1S/C16H24NO5PS/c1-13(2)21-23(18,22-14(3)4)12-6-11-17-24(19,20)16-9-7-15(5)8-10-16/h7-10,13-14,17H,11H2,1-5H3. The third-order valence-electron chi connectivity index (χ3n) is 2.60. The normalized spacial score (nSPS) is 12.3. The Kier molecular flexibility index (Phi) is 7.65. The molecule has 1 rings (SSSR count). The molecule has 24 heavy (non-hydrogen) atoms. The van der Waals surface area contributed by atoms with Crippen molar-refractivity contribution >= 4 is 17.6 Å². The van der Waals surface area contributed by atoms with E-state index in [1.165, 1.54) is 12.1 Å². The smallest absolute Gasteiger partial charge is 0.297 e. The number of nitrogens with one attached hydrogen (secondary N) is 1. The first-order valence-electron chi connectivity index (χ1n) is 7.57. The molecule has 8 heteroatoms. The first-order chi connectivity index (χ1) is 11.0. The molecule has 0 aliphatic heterocycles. The molecule has 0 amide bonds. The lowest BCUT2D eigenvalue weighted by Crippen LogP contribution is -2.24. The van der Waals surface area contributed by atoms with E-state index in [1.807, 2.05) is 6.92 Å². The van der Waals surface area contributed by atoms with Crippen molar-refractivity contribution in [2.24, 2.45) is 0 Å². The predicted molar refractivity (Wildman–Crippen MR) is 94.2 cm³/mol. The summed E-state index contributed by atoms with van der Waals surface area (Å²) in [6, 6.07) is 6.45. The van der Waals surface area contributed by atoms with Crippen LogP contribution in [0.3, 0.4) is 0 Å². The Morgan fingerprint density at radius 2 is 1.58 bits per heavy atom. The average molecular weight is 373 g/mol. The number of hydrogen-bond donors (Lipinski definition) is 1. The second kappa shape index (κ2) is 8.80. The summed E-state index contributed by atoms with van der Waals surface area (Å²) in [6.07, 6.45) is -0.652. The van der Waals surface area contributed by atoms with Crippen molar-refractivity contribution < 1.29 is 22.0 Å². The van der Waals surface area contributed by atoms with Crippen LogP contribution in [0.1, 0.15) is 33.3 Å². The highest BCUT2D eigenvalue weighted by Gasteiger charge is 2.25. The van der Waals surface area contributed by atoms with Crippen molar-refractivity contribution in [1.29, 1.82) is 0 Å². The van der Waals surface area contributed by atoms with E-state index in [2.05, 4.69) is 16.3 Å². The van der Waals surface area contributed by atoms with Crippen LogP contribution in [0.15, 0.2) is 29.2 Å². The van der Waals surface area contributed by atoms with E-state index in [0.717, 1.165) is 5.56 Å². The van der Waals surface area contributed by atoms with E-state index < -0.39 is 17.6 Å². The monoisotopic (exact) mass is 373 g/mol. The van der Waals surface area contributed by atoms with E-state index in [1.54, 1.807) is 39.8 Å². The Morgan fingerprint density at radius 1 is 1.08 bits per heavy atom. The maximum atomic E-state index is 12.5. The molecule has 0 aromatic heterocycles. The molecule has 0 atom stereocenters. The van der Waals surface area contributed by atoms with E-state index in [4.69, 9.17) is 9.05 Å². The van der Waals surface area contributed by atoms with Crippen molar-refractivity contribution in [2.45, 2.75) is 51.7 Å². The van der Waals surface area contributed by atoms with Gasteiger partial charge in [-0.05, 0) is 46.8 Å². The van der Waals surface area contributed by atoms with Gasteiger partial charge in [0.05, 0.1) is 23.6 Å². The van der Waals surface area contributed by atoms with Crippen molar-refractivity contribution in [3.63, 3.8) is 0 Å². The van der Waals surface area contributed by atoms with Crippen molar-refractivity contribution in [3.05, 3.63) is 29.8 Å². The molecule has 0 spiro atoms. The molecule has 0 fully saturated rings. The third-order valence-corrected chi connectivity index (χ3v) is 5.84. The van der Waals surface area contributed by atoms with Crippen LogP contribution in [0.5, 0.6) is 0 Å². The minimum Gasteiger partial charge on any atom is -0.297 e. The summed E-state index contributed by atoms with van der Waals surface area (Å²) >= 11 is 0. The fraction of sp³-hybridized carbons (Fsp3) is 0.500. The van der Waals surface area contributed by atoms with Gasteiger partial charge in [-0.3, -0.25) is 9.05 Å². The maximum Gasteiger partial charge on any atom is 0.406 e. The summed E-state index contributed by atoms with van der Waals surface area (Å²) in [4.78, 5) is 0.148. The van der Waals surface area contributed by atoms with Gasteiger partial charge in [0, 0.05) is 5.66 Å². The maximum absolute atomic E-state index is 12.5. The van der Waals surface area contributed by atoms with Gasteiger partial charge in [-0.2, -0.15) is 4.72 Å². The molecule has 1 aromatic rings. The van der Waals surface area contributed by atoms with Crippen LogP contribution in [0.25, 0.3) is 0 Å². The van der Waals surface area contributed by atoms with Crippen LogP contribution in [0.4, 0.5) is 0 Å². The first-order valence-corrected chi connectivity index (χ1v) is 10.6. The summed E-state index contributed by atoms with van der Waals surface area (Å²) in [5, 5.41) is 0. The molecule has 1 N–H and O–H groups in total. The fourth-order valence-corrected chi connectivity index (χ4v) is 4.16. The molecule has 0 aliphatic carbocycles. The number of hydrogen-bond acceptors (Lipinski definition) is 5. The van der Waals surface area contributed by atoms with Gasteiger partial charge >= 0.3 is 7.60 Å². The minimum atomic E-state index is -3.66. The molecular formula is C16H24NO5PS. The van der Waals surface area contributed by atoms with E-state index >= 15 is 0 Å². The molecule has 0 radical (unpaired) electrons. The van der Waals surface area contributed by atoms with Gasteiger partial charge in [0.15, 0.2) is 0 Å². The van der Waals surface area contributed by atoms with Crippen molar-refractivity contribution in [2.75, 3.05) is 6.54 Å².